The molecule has 2 heterocycles. The highest BCUT2D eigenvalue weighted by atomic mass is 79.9. The Morgan fingerprint density at radius 2 is 1.80 bits per heavy atom. The number of ether oxygens (including phenoxy) is 1. The van der Waals surface area contributed by atoms with Gasteiger partial charge < -0.3 is 19.4 Å². The number of nitrogens with one attached hydrogen (secondary N) is 1. The molecule has 2 amide bonds. The van der Waals surface area contributed by atoms with E-state index in [-0.39, 0.29) is 17.7 Å². The van der Waals surface area contributed by atoms with Crippen molar-refractivity contribution in [3.8, 4) is 17.2 Å². The van der Waals surface area contributed by atoms with Gasteiger partial charge in [0.15, 0.2) is 5.58 Å². The lowest BCUT2D eigenvalue weighted by Gasteiger charge is -2.34. The second kappa shape index (κ2) is 10.4. The quantitative estimate of drug-likeness (QED) is 0.428. The first kappa shape index (κ1) is 23.9. The number of amides is 2. The van der Waals surface area contributed by atoms with Crippen molar-refractivity contribution in [3.63, 3.8) is 0 Å². The molecule has 0 spiro atoms. The molecule has 0 unspecified atom stereocenters. The number of halogens is 1. The maximum atomic E-state index is 12.9. The summed E-state index contributed by atoms with van der Waals surface area (Å²) in [4.78, 5) is 32.3. The molecule has 1 N–H and O–H groups in total. The number of oxazole rings is 1. The minimum Gasteiger partial charge on any atom is -0.497 e. The molecule has 1 aliphatic heterocycles. The monoisotopic (exact) mass is 539 g/mol. The molecule has 7 nitrogen and oxygen atoms in total. The Labute approximate surface area is 213 Å². The molecule has 8 heteroatoms. The van der Waals surface area contributed by atoms with Crippen LogP contribution in [0.4, 0.5) is 5.69 Å². The van der Waals surface area contributed by atoms with Crippen molar-refractivity contribution in [3.05, 3.63) is 40.9 Å². The van der Waals surface area contributed by atoms with Gasteiger partial charge in [-0.15, -0.1) is 0 Å². The Balaban J connectivity index is 1.21. The summed E-state index contributed by atoms with van der Waals surface area (Å²) < 4.78 is 12.1. The van der Waals surface area contributed by atoms with Crippen LogP contribution in [-0.2, 0) is 9.59 Å². The standard InChI is InChI=1S/C27H30BrN3O4/c1-34-20-8-9-21(22(28)16-20)26-30-23-10-7-19(15-24(23)35-26)29-25(32)17-11-13-31(14-12-17)27(33)18-5-3-2-4-6-18/h7-10,15-18H,2-6,11-14H2,1H3,(H,29,32). The number of piperidine rings is 1. The molecule has 0 atom stereocenters. The Bertz CT molecular complexity index is 1230. The fourth-order valence-corrected chi connectivity index (χ4v) is 5.66. The van der Waals surface area contributed by atoms with Crippen LogP contribution in [0.3, 0.4) is 0 Å². The predicted octanol–water partition coefficient (Wildman–Crippen LogP) is 6.02. The molecule has 1 aliphatic carbocycles. The fourth-order valence-electron chi connectivity index (χ4n) is 5.13. The van der Waals surface area contributed by atoms with Crippen LogP contribution < -0.4 is 10.1 Å². The van der Waals surface area contributed by atoms with Crippen molar-refractivity contribution in [2.24, 2.45) is 11.8 Å². The largest absolute Gasteiger partial charge is 0.497 e. The smallest absolute Gasteiger partial charge is 0.228 e. The van der Waals surface area contributed by atoms with Gasteiger partial charge in [0.2, 0.25) is 17.7 Å². The summed E-state index contributed by atoms with van der Waals surface area (Å²) in [6, 6.07) is 11.1. The van der Waals surface area contributed by atoms with Gasteiger partial charge in [0.05, 0.1) is 12.7 Å². The first-order valence-corrected chi connectivity index (χ1v) is 13.2. The van der Waals surface area contributed by atoms with Gasteiger partial charge in [0.1, 0.15) is 11.3 Å². The first-order valence-electron chi connectivity index (χ1n) is 12.4. The molecule has 2 aromatic carbocycles. The Morgan fingerprint density at radius 3 is 2.51 bits per heavy atom. The van der Waals surface area contributed by atoms with Crippen LogP contribution in [0.5, 0.6) is 5.75 Å². The van der Waals surface area contributed by atoms with Crippen LogP contribution in [0.15, 0.2) is 45.3 Å². The zero-order valence-electron chi connectivity index (χ0n) is 19.9. The van der Waals surface area contributed by atoms with Crippen molar-refractivity contribution in [1.29, 1.82) is 0 Å². The summed E-state index contributed by atoms with van der Waals surface area (Å²) in [5, 5.41) is 3.03. The number of carbonyl (C=O) groups is 2. The Kier molecular flexibility index (Phi) is 7.09. The van der Waals surface area contributed by atoms with Gasteiger partial charge >= 0.3 is 0 Å². The average Bonchev–Trinajstić information content (AvgIpc) is 3.31. The molecular weight excluding hydrogens is 510 g/mol. The third-order valence-corrected chi connectivity index (χ3v) is 7.85. The van der Waals surface area contributed by atoms with Crippen LogP contribution in [-0.4, -0.2) is 41.9 Å². The van der Waals surface area contributed by atoms with E-state index in [0.29, 0.717) is 49.0 Å². The van der Waals surface area contributed by atoms with Crippen LogP contribution in [0, 0.1) is 11.8 Å². The van der Waals surface area contributed by atoms with Crippen LogP contribution in [0.2, 0.25) is 0 Å². The summed E-state index contributed by atoms with van der Waals surface area (Å²) in [6.45, 7) is 1.32. The van der Waals surface area contributed by atoms with E-state index >= 15 is 0 Å². The number of anilines is 1. The molecule has 2 fully saturated rings. The minimum atomic E-state index is -0.0957. The molecular formula is C27H30BrN3O4. The van der Waals surface area contributed by atoms with Crippen molar-refractivity contribution in [2.45, 2.75) is 44.9 Å². The molecule has 2 aliphatic rings. The lowest BCUT2D eigenvalue weighted by Crippen LogP contribution is -2.44. The second-order valence-corrected chi connectivity index (χ2v) is 10.3. The highest BCUT2D eigenvalue weighted by Crippen LogP contribution is 2.34. The highest BCUT2D eigenvalue weighted by Gasteiger charge is 2.31. The van der Waals surface area contributed by atoms with Gasteiger partial charge in [-0.1, -0.05) is 19.3 Å². The van der Waals surface area contributed by atoms with Gasteiger partial charge in [-0.2, -0.15) is 0 Å². The normalized spacial score (nSPS) is 17.5. The van der Waals surface area contributed by atoms with E-state index in [9.17, 15) is 9.59 Å². The second-order valence-electron chi connectivity index (χ2n) is 9.47. The van der Waals surface area contributed by atoms with Crippen molar-refractivity contribution in [1.82, 2.24) is 9.88 Å². The summed E-state index contributed by atoms with van der Waals surface area (Å²) in [7, 11) is 1.62. The maximum absolute atomic E-state index is 12.9. The third kappa shape index (κ3) is 5.22. The van der Waals surface area contributed by atoms with Crippen molar-refractivity contribution >= 4 is 44.5 Å². The number of hydrogen-bond donors (Lipinski definition) is 1. The molecule has 184 valence electrons. The molecule has 1 aromatic heterocycles. The van der Waals surface area contributed by atoms with Gasteiger partial charge in [-0.05, 0) is 71.9 Å². The van der Waals surface area contributed by atoms with Gasteiger partial charge in [-0.3, -0.25) is 9.59 Å². The third-order valence-electron chi connectivity index (χ3n) is 7.19. The summed E-state index contributed by atoms with van der Waals surface area (Å²) in [6.07, 6.45) is 6.98. The van der Waals surface area contributed by atoms with Crippen molar-refractivity contribution < 1.29 is 18.7 Å². The highest BCUT2D eigenvalue weighted by molar-refractivity contribution is 9.10. The zero-order valence-corrected chi connectivity index (χ0v) is 21.5. The number of likely N-dealkylation sites (tertiary alicyclic amines) is 1. The van der Waals surface area contributed by atoms with Crippen LogP contribution in [0.1, 0.15) is 44.9 Å². The molecule has 0 radical (unpaired) electrons. The van der Waals surface area contributed by atoms with Crippen molar-refractivity contribution in [2.75, 3.05) is 25.5 Å². The van der Waals surface area contributed by atoms with E-state index in [1.54, 1.807) is 7.11 Å². The SMILES string of the molecule is COc1ccc(-c2nc3ccc(NC(=O)C4CCN(C(=O)C5CCCCC5)CC4)cc3o2)c(Br)c1. The molecule has 35 heavy (non-hydrogen) atoms. The van der Waals surface area contributed by atoms with E-state index < -0.39 is 0 Å². The van der Waals surface area contributed by atoms with Gasteiger partial charge in [-0.25, -0.2) is 4.98 Å². The Morgan fingerprint density at radius 1 is 1.03 bits per heavy atom. The number of methoxy groups -OCH3 is 1. The average molecular weight is 540 g/mol. The number of rotatable bonds is 5. The van der Waals surface area contributed by atoms with E-state index in [0.717, 1.165) is 47.0 Å². The van der Waals surface area contributed by atoms with Crippen LogP contribution in [0.25, 0.3) is 22.6 Å². The lowest BCUT2D eigenvalue weighted by atomic mass is 9.87. The zero-order chi connectivity index (χ0) is 24.4. The van der Waals surface area contributed by atoms with Crippen LogP contribution >= 0.6 is 15.9 Å². The van der Waals surface area contributed by atoms with E-state index in [4.69, 9.17) is 9.15 Å². The molecule has 0 bridgehead atoms. The summed E-state index contributed by atoms with van der Waals surface area (Å²) in [5.74, 6) is 1.61. The molecule has 1 saturated carbocycles. The molecule has 1 saturated heterocycles. The Hall–Kier alpha value is -2.87. The number of benzene rings is 2. The topological polar surface area (TPSA) is 84.7 Å². The molecule has 5 rings (SSSR count). The summed E-state index contributed by atoms with van der Waals surface area (Å²) in [5.41, 5.74) is 2.82. The van der Waals surface area contributed by atoms with E-state index in [1.165, 1.54) is 6.42 Å². The lowest BCUT2D eigenvalue weighted by molar-refractivity contribution is -0.139. The minimum absolute atomic E-state index is 0.00764. The molecule has 3 aromatic rings. The van der Waals surface area contributed by atoms with E-state index in [2.05, 4.69) is 26.2 Å². The maximum Gasteiger partial charge on any atom is 0.228 e. The van der Waals surface area contributed by atoms with Gasteiger partial charge in [0.25, 0.3) is 0 Å². The number of hydrogen-bond acceptors (Lipinski definition) is 5. The predicted molar refractivity (Wildman–Crippen MR) is 138 cm³/mol. The van der Waals surface area contributed by atoms with E-state index in [1.807, 2.05) is 41.3 Å². The summed E-state index contributed by atoms with van der Waals surface area (Å²) >= 11 is 3.55. The number of aromatic nitrogens is 1. The number of nitrogens with zero attached hydrogens (tertiary/aromatic N) is 2. The van der Waals surface area contributed by atoms with Gasteiger partial charge in [0, 0.05) is 41.2 Å². The fraction of sp³-hybridized carbons (Fsp3) is 0.444. The first-order chi connectivity index (χ1) is 17.0. The number of carbonyl (C=O) groups excluding carboxylic acids is 2. The number of fused-ring (bicyclic) bond motifs is 1.